The average Bonchev–Trinajstić information content (AvgIpc) is 2.86. The summed E-state index contributed by atoms with van der Waals surface area (Å²) in [4.78, 5) is 26.4. The normalized spacial score (nSPS) is 21.8. The monoisotopic (exact) mass is 356 g/mol. The molecular weight excluding hydrogens is 338 g/mol. The second-order valence-electron chi connectivity index (χ2n) is 6.88. The van der Waals surface area contributed by atoms with Gasteiger partial charge in [-0.05, 0) is 42.0 Å². The Morgan fingerprint density at radius 3 is 2.62 bits per heavy atom. The van der Waals surface area contributed by atoms with E-state index in [0.717, 1.165) is 16.5 Å². The van der Waals surface area contributed by atoms with Gasteiger partial charge in [-0.25, -0.2) is 13.6 Å². The lowest BCUT2D eigenvalue weighted by Gasteiger charge is -2.32. The van der Waals surface area contributed by atoms with Crippen LogP contribution in [0.2, 0.25) is 0 Å². The van der Waals surface area contributed by atoms with Crippen LogP contribution in [0.3, 0.4) is 0 Å². The molecule has 0 radical (unpaired) electrons. The molecule has 1 aliphatic heterocycles. The number of rotatable bonds is 3. The molecule has 2 aromatic rings. The van der Waals surface area contributed by atoms with E-state index in [4.69, 9.17) is 0 Å². The largest absolute Gasteiger partial charge is 0.325 e. The summed E-state index contributed by atoms with van der Waals surface area (Å²) in [5.41, 5.74) is 1.48. The Morgan fingerprint density at radius 1 is 1.04 bits per heavy atom. The minimum atomic E-state index is -0.931. The topological polar surface area (TPSA) is 49.4 Å². The quantitative estimate of drug-likeness (QED) is 0.860. The number of urea groups is 1. The zero-order valence-corrected chi connectivity index (χ0v) is 14.1. The molecule has 4 nitrogen and oxygen atoms in total. The van der Waals surface area contributed by atoms with Gasteiger partial charge in [0.25, 0.3) is 5.91 Å². The van der Waals surface area contributed by atoms with Crippen molar-refractivity contribution in [2.75, 3.05) is 6.54 Å². The number of carbonyl (C=O) groups is 2. The Kier molecular flexibility index (Phi) is 3.98. The number of aryl methyl sites for hydroxylation is 1. The van der Waals surface area contributed by atoms with Crippen molar-refractivity contribution in [3.63, 3.8) is 0 Å². The number of hydrogen-bond acceptors (Lipinski definition) is 2. The lowest BCUT2D eigenvalue weighted by Crippen LogP contribution is -2.51. The summed E-state index contributed by atoms with van der Waals surface area (Å²) in [6.45, 7) is 0.0223. The highest BCUT2D eigenvalue weighted by atomic mass is 19.2. The highest BCUT2D eigenvalue weighted by molar-refractivity contribution is 6.07. The van der Waals surface area contributed by atoms with E-state index in [9.17, 15) is 18.4 Å². The molecular formula is C20H18F2N2O2. The van der Waals surface area contributed by atoms with E-state index in [1.807, 2.05) is 24.3 Å². The van der Waals surface area contributed by atoms with Gasteiger partial charge < -0.3 is 5.32 Å². The fraction of sp³-hybridized carbons (Fsp3) is 0.300. The smallest absolute Gasteiger partial charge is 0.323 e. The van der Waals surface area contributed by atoms with Crippen molar-refractivity contribution in [2.45, 2.75) is 31.2 Å². The predicted molar refractivity (Wildman–Crippen MR) is 91.5 cm³/mol. The second-order valence-corrected chi connectivity index (χ2v) is 6.88. The van der Waals surface area contributed by atoms with E-state index in [2.05, 4.69) is 5.32 Å². The molecule has 2 aliphatic rings. The Hall–Kier alpha value is -2.76. The number of nitrogens with zero attached hydrogens (tertiary/aromatic N) is 1. The van der Waals surface area contributed by atoms with Crippen molar-refractivity contribution in [3.8, 4) is 0 Å². The van der Waals surface area contributed by atoms with Gasteiger partial charge in [-0.2, -0.15) is 0 Å². The molecule has 1 aliphatic carbocycles. The van der Waals surface area contributed by atoms with Crippen molar-refractivity contribution < 1.29 is 18.4 Å². The zero-order chi connectivity index (χ0) is 18.3. The van der Waals surface area contributed by atoms with Crippen LogP contribution in [0, 0.1) is 11.6 Å². The van der Waals surface area contributed by atoms with Crippen molar-refractivity contribution in [2.24, 2.45) is 0 Å². The minimum Gasteiger partial charge on any atom is -0.323 e. The third-order valence-electron chi connectivity index (χ3n) is 5.31. The fourth-order valence-electron chi connectivity index (χ4n) is 3.88. The summed E-state index contributed by atoms with van der Waals surface area (Å²) < 4.78 is 27.1. The van der Waals surface area contributed by atoms with Crippen molar-refractivity contribution in [1.29, 1.82) is 0 Å². The fourth-order valence-corrected chi connectivity index (χ4v) is 3.88. The summed E-state index contributed by atoms with van der Waals surface area (Å²) in [5.74, 6) is -2.14. The lowest BCUT2D eigenvalue weighted by molar-refractivity contribution is -0.131. The van der Waals surface area contributed by atoms with Crippen LogP contribution in [0.5, 0.6) is 0 Å². The Bertz CT molecular complexity index is 899. The minimum absolute atomic E-state index is 0.0223. The van der Waals surface area contributed by atoms with Gasteiger partial charge in [0.2, 0.25) is 0 Å². The van der Waals surface area contributed by atoms with Gasteiger partial charge in [0.1, 0.15) is 5.54 Å². The average molecular weight is 356 g/mol. The molecule has 2 aromatic carbocycles. The van der Waals surface area contributed by atoms with Crippen LogP contribution < -0.4 is 5.32 Å². The van der Waals surface area contributed by atoms with Gasteiger partial charge >= 0.3 is 6.03 Å². The summed E-state index contributed by atoms with van der Waals surface area (Å²) >= 11 is 0. The van der Waals surface area contributed by atoms with Crippen LogP contribution in [0.15, 0.2) is 42.5 Å². The standard InChI is InChI=1S/C20H18F2N2O2/c21-16-7-3-6-14(17(16)22)9-11-24-18(25)20(23-19(24)26)10-8-13-4-1-2-5-15(13)12-20/h1-7H,8-12H2,(H,23,26)/t20-/m0/s1. The molecule has 0 saturated carbocycles. The first-order chi connectivity index (χ1) is 12.5. The highest BCUT2D eigenvalue weighted by Gasteiger charge is 2.52. The first-order valence-corrected chi connectivity index (χ1v) is 8.64. The van der Waals surface area contributed by atoms with Crippen molar-refractivity contribution in [1.82, 2.24) is 10.2 Å². The van der Waals surface area contributed by atoms with Crippen molar-refractivity contribution >= 4 is 11.9 Å². The van der Waals surface area contributed by atoms with E-state index < -0.39 is 23.2 Å². The summed E-state index contributed by atoms with van der Waals surface area (Å²) in [6, 6.07) is 11.3. The first kappa shape index (κ1) is 16.7. The number of benzene rings is 2. The molecule has 26 heavy (non-hydrogen) atoms. The maximum atomic E-state index is 13.8. The maximum Gasteiger partial charge on any atom is 0.325 e. The second kappa shape index (κ2) is 6.20. The van der Waals surface area contributed by atoms with Crippen LogP contribution >= 0.6 is 0 Å². The number of fused-ring (bicyclic) bond motifs is 1. The maximum absolute atomic E-state index is 13.8. The summed E-state index contributed by atoms with van der Waals surface area (Å²) in [5, 5.41) is 2.84. The van der Waals surface area contributed by atoms with E-state index >= 15 is 0 Å². The van der Waals surface area contributed by atoms with Gasteiger partial charge in [0, 0.05) is 13.0 Å². The molecule has 0 bridgehead atoms. The Labute approximate surface area is 149 Å². The SMILES string of the molecule is O=C1N[C@]2(CCc3ccccc3C2)C(=O)N1CCc1cccc(F)c1F. The number of hydrogen-bond donors (Lipinski definition) is 1. The van der Waals surface area contributed by atoms with Crippen LogP contribution in [0.4, 0.5) is 13.6 Å². The molecule has 4 rings (SSSR count). The molecule has 0 unspecified atom stereocenters. The molecule has 1 spiro atoms. The molecule has 1 saturated heterocycles. The number of halogens is 2. The van der Waals surface area contributed by atoms with Gasteiger partial charge in [0.15, 0.2) is 11.6 Å². The van der Waals surface area contributed by atoms with E-state index in [1.165, 1.54) is 17.7 Å². The molecule has 6 heteroatoms. The van der Waals surface area contributed by atoms with Gasteiger partial charge in [-0.15, -0.1) is 0 Å². The number of carbonyl (C=O) groups excluding carboxylic acids is 2. The van der Waals surface area contributed by atoms with E-state index in [1.54, 1.807) is 0 Å². The van der Waals surface area contributed by atoms with E-state index in [0.29, 0.717) is 19.3 Å². The van der Waals surface area contributed by atoms with E-state index in [-0.39, 0.29) is 24.4 Å². The number of amides is 3. The van der Waals surface area contributed by atoms with Crippen LogP contribution in [0.1, 0.15) is 23.1 Å². The van der Waals surface area contributed by atoms with Crippen LogP contribution in [-0.2, 0) is 24.1 Å². The van der Waals surface area contributed by atoms with Gasteiger partial charge in [0.05, 0.1) is 0 Å². The van der Waals surface area contributed by atoms with Crippen LogP contribution in [0.25, 0.3) is 0 Å². The third-order valence-corrected chi connectivity index (χ3v) is 5.31. The summed E-state index contributed by atoms with van der Waals surface area (Å²) in [6.07, 6.45) is 1.79. The molecule has 1 fully saturated rings. The summed E-state index contributed by atoms with van der Waals surface area (Å²) in [7, 11) is 0. The lowest BCUT2D eigenvalue weighted by atomic mass is 9.78. The molecule has 1 heterocycles. The molecule has 3 amide bonds. The Balaban J connectivity index is 1.52. The Morgan fingerprint density at radius 2 is 1.81 bits per heavy atom. The highest BCUT2D eigenvalue weighted by Crippen LogP contribution is 2.33. The predicted octanol–water partition coefficient (Wildman–Crippen LogP) is 2.99. The van der Waals surface area contributed by atoms with Crippen molar-refractivity contribution in [3.05, 3.63) is 70.8 Å². The molecule has 1 atom stereocenters. The molecule has 0 aromatic heterocycles. The molecule has 1 N–H and O–H groups in total. The first-order valence-electron chi connectivity index (χ1n) is 8.64. The third kappa shape index (κ3) is 2.66. The van der Waals surface area contributed by atoms with Gasteiger partial charge in [-0.3, -0.25) is 9.69 Å². The number of nitrogens with one attached hydrogen (secondary N) is 1. The van der Waals surface area contributed by atoms with Gasteiger partial charge in [-0.1, -0.05) is 36.4 Å². The zero-order valence-electron chi connectivity index (χ0n) is 14.1. The van der Waals surface area contributed by atoms with Crippen LogP contribution in [-0.4, -0.2) is 28.9 Å². The molecule has 134 valence electrons. The number of imide groups is 1.